The Balaban J connectivity index is 1.13. The molecule has 50 heavy (non-hydrogen) atoms. The van der Waals surface area contributed by atoms with Crippen molar-refractivity contribution in [1.29, 1.82) is 0 Å². The lowest BCUT2D eigenvalue weighted by molar-refractivity contribution is -0.124. The second-order valence-electron chi connectivity index (χ2n) is 14.3. The van der Waals surface area contributed by atoms with E-state index in [9.17, 15) is 14.4 Å². The second kappa shape index (κ2) is 18.3. The summed E-state index contributed by atoms with van der Waals surface area (Å²) in [6.45, 7) is 1.36. The lowest BCUT2D eigenvalue weighted by Crippen LogP contribution is -2.48. The van der Waals surface area contributed by atoms with Gasteiger partial charge in [-0.2, -0.15) is 5.10 Å². The molecule has 3 N–H and O–H groups in total. The number of benzene rings is 2. The van der Waals surface area contributed by atoms with Gasteiger partial charge in [-0.3, -0.25) is 14.4 Å². The van der Waals surface area contributed by atoms with Crippen molar-refractivity contribution in [3.8, 4) is 0 Å². The van der Waals surface area contributed by atoms with E-state index in [1.54, 1.807) is 0 Å². The molecule has 3 aliphatic carbocycles. The largest absolute Gasteiger partial charge is 0.371 e. The van der Waals surface area contributed by atoms with Gasteiger partial charge in [0.1, 0.15) is 12.2 Å². The van der Waals surface area contributed by atoms with Gasteiger partial charge in [0.05, 0.1) is 37.5 Å². The maximum absolute atomic E-state index is 13.9. The molecule has 2 aromatic carbocycles. The van der Waals surface area contributed by atoms with E-state index < -0.39 is 0 Å². The molecule has 3 aliphatic rings. The maximum atomic E-state index is 13.9. The zero-order chi connectivity index (χ0) is 34.5. The van der Waals surface area contributed by atoms with Crippen LogP contribution in [0.2, 0.25) is 0 Å². The fraction of sp³-hybridized carbons (Fsp3) is 0.550. The summed E-state index contributed by atoms with van der Waals surface area (Å²) in [6.07, 6.45) is 13.0. The highest BCUT2D eigenvalue weighted by atomic mass is 16.5. The Morgan fingerprint density at radius 3 is 1.80 bits per heavy atom. The predicted molar refractivity (Wildman–Crippen MR) is 191 cm³/mol. The Morgan fingerprint density at radius 1 is 0.660 bits per heavy atom. The van der Waals surface area contributed by atoms with Crippen LogP contribution < -0.4 is 16.0 Å². The average Bonchev–Trinajstić information content (AvgIpc) is 3.58. The van der Waals surface area contributed by atoms with Crippen LogP contribution in [0.25, 0.3) is 0 Å². The zero-order valence-electron chi connectivity index (χ0n) is 29.2. The van der Waals surface area contributed by atoms with E-state index in [2.05, 4.69) is 21.0 Å². The lowest BCUT2D eigenvalue weighted by Gasteiger charge is -2.32. The van der Waals surface area contributed by atoms with Gasteiger partial charge in [0.25, 0.3) is 11.8 Å². The predicted octanol–water partition coefficient (Wildman–Crippen LogP) is 6.10. The van der Waals surface area contributed by atoms with Crippen molar-refractivity contribution in [3.05, 3.63) is 89.2 Å². The summed E-state index contributed by atoms with van der Waals surface area (Å²) in [7, 11) is 0. The first-order valence-electron chi connectivity index (χ1n) is 18.8. The number of aromatic nitrogens is 2. The Hall–Kier alpha value is -4.02. The molecule has 6 rings (SSSR count). The average molecular weight is 684 g/mol. The number of nitrogens with zero attached hydrogens (tertiary/aromatic N) is 2. The van der Waals surface area contributed by atoms with Crippen LogP contribution in [0.4, 0.5) is 0 Å². The van der Waals surface area contributed by atoms with Crippen LogP contribution in [-0.4, -0.2) is 58.3 Å². The third kappa shape index (κ3) is 10.3. The molecule has 0 radical (unpaired) electrons. The fourth-order valence-electron chi connectivity index (χ4n) is 7.66. The molecule has 0 bridgehead atoms. The molecule has 268 valence electrons. The van der Waals surface area contributed by atoms with Crippen LogP contribution >= 0.6 is 0 Å². The summed E-state index contributed by atoms with van der Waals surface area (Å²) >= 11 is 0. The van der Waals surface area contributed by atoms with E-state index in [4.69, 9.17) is 9.47 Å². The molecular weight excluding hydrogens is 630 g/mol. The fourth-order valence-corrected chi connectivity index (χ4v) is 7.66. The van der Waals surface area contributed by atoms with Gasteiger partial charge in [0.15, 0.2) is 5.69 Å². The number of amides is 3. The smallest absolute Gasteiger partial charge is 0.271 e. The zero-order valence-corrected chi connectivity index (χ0v) is 29.2. The van der Waals surface area contributed by atoms with E-state index in [-0.39, 0.29) is 59.9 Å². The first-order chi connectivity index (χ1) is 24.5. The molecule has 10 heteroatoms. The first kappa shape index (κ1) is 35.8. The molecule has 0 aliphatic heterocycles. The third-order valence-corrected chi connectivity index (χ3v) is 10.5. The van der Waals surface area contributed by atoms with Crippen LogP contribution in [-0.2, 0) is 34.0 Å². The van der Waals surface area contributed by atoms with Gasteiger partial charge in [0.2, 0.25) is 5.91 Å². The molecule has 3 saturated carbocycles. The minimum atomic E-state index is -0.362. The summed E-state index contributed by atoms with van der Waals surface area (Å²) < 4.78 is 14.0. The van der Waals surface area contributed by atoms with E-state index >= 15 is 0 Å². The highest BCUT2D eigenvalue weighted by Gasteiger charge is 2.31. The molecule has 0 unspecified atom stereocenters. The van der Waals surface area contributed by atoms with Crippen LogP contribution in [0.15, 0.2) is 66.7 Å². The minimum Gasteiger partial charge on any atom is -0.371 e. The van der Waals surface area contributed by atoms with E-state index in [0.29, 0.717) is 25.7 Å². The SMILES string of the molecule is O=C(Cn1nc(C(=O)NCC2CCCCC2)cc1C(=O)N[C@H]1CCCC[C@@H]1OCc1ccccc1)N[C@H]1CCCC[C@@H]1OCc1ccccc1. The van der Waals surface area contributed by atoms with Gasteiger partial charge in [-0.05, 0) is 55.6 Å². The number of ether oxygens (including phenoxy) is 2. The van der Waals surface area contributed by atoms with Crippen LogP contribution in [0.3, 0.4) is 0 Å². The van der Waals surface area contributed by atoms with Gasteiger partial charge in [-0.1, -0.05) is 106 Å². The minimum absolute atomic E-state index is 0.103. The molecule has 0 saturated heterocycles. The summed E-state index contributed by atoms with van der Waals surface area (Å²) in [4.78, 5) is 40.8. The summed E-state index contributed by atoms with van der Waals surface area (Å²) in [5.74, 6) is -0.501. The quantitative estimate of drug-likeness (QED) is 0.189. The molecule has 3 amide bonds. The molecule has 0 spiro atoms. The van der Waals surface area contributed by atoms with Gasteiger partial charge >= 0.3 is 0 Å². The van der Waals surface area contributed by atoms with Crippen molar-refractivity contribution in [2.45, 2.75) is 128 Å². The molecule has 3 aromatic rings. The van der Waals surface area contributed by atoms with Crippen LogP contribution in [0.5, 0.6) is 0 Å². The summed E-state index contributed by atoms with van der Waals surface area (Å²) in [5, 5.41) is 13.9. The van der Waals surface area contributed by atoms with Crippen molar-refractivity contribution in [2.24, 2.45) is 5.92 Å². The highest BCUT2D eigenvalue weighted by molar-refractivity contribution is 5.98. The molecular formula is C40H53N5O5. The Labute approximate surface area is 296 Å². The number of nitrogens with one attached hydrogen (secondary N) is 3. The van der Waals surface area contributed by atoms with E-state index in [1.807, 2.05) is 60.7 Å². The van der Waals surface area contributed by atoms with E-state index in [0.717, 1.165) is 75.3 Å². The van der Waals surface area contributed by atoms with Crippen molar-refractivity contribution in [1.82, 2.24) is 25.7 Å². The van der Waals surface area contributed by atoms with E-state index in [1.165, 1.54) is 30.0 Å². The van der Waals surface area contributed by atoms with Gasteiger partial charge in [0, 0.05) is 12.6 Å². The Kier molecular flexibility index (Phi) is 13.1. The number of carbonyl (C=O) groups excluding carboxylic acids is 3. The molecule has 10 nitrogen and oxygen atoms in total. The van der Waals surface area contributed by atoms with Gasteiger partial charge in [-0.25, -0.2) is 4.68 Å². The van der Waals surface area contributed by atoms with Crippen molar-refractivity contribution >= 4 is 17.7 Å². The second-order valence-corrected chi connectivity index (χ2v) is 14.3. The van der Waals surface area contributed by atoms with Crippen molar-refractivity contribution < 1.29 is 23.9 Å². The number of hydrogen-bond donors (Lipinski definition) is 3. The molecule has 4 atom stereocenters. The monoisotopic (exact) mass is 683 g/mol. The van der Waals surface area contributed by atoms with Crippen molar-refractivity contribution in [2.75, 3.05) is 6.54 Å². The summed E-state index contributed by atoms with van der Waals surface area (Å²) in [5.41, 5.74) is 2.51. The Bertz CT molecular complexity index is 1520. The standard InChI is InChI=1S/C40H53N5O5/c46-38(42-32-20-10-12-22-36(32)49-27-30-16-6-2-7-17-30)26-45-35(24-34(44-45)39(47)41-25-29-14-4-1-5-15-29)40(48)43-33-21-11-13-23-37(33)50-28-31-18-8-3-9-19-31/h2-3,6-9,16-19,24,29,32-33,36-37H,1,4-5,10-15,20-23,25-28H2,(H,41,47)(H,42,46)(H,43,48)/t32-,33-,36-,37-/m0/s1. The molecule has 1 aromatic heterocycles. The van der Waals surface area contributed by atoms with Gasteiger partial charge < -0.3 is 25.4 Å². The number of rotatable bonds is 14. The van der Waals surface area contributed by atoms with Crippen molar-refractivity contribution in [3.63, 3.8) is 0 Å². The highest BCUT2D eigenvalue weighted by Crippen LogP contribution is 2.25. The maximum Gasteiger partial charge on any atom is 0.271 e. The van der Waals surface area contributed by atoms with Crippen LogP contribution in [0, 0.1) is 5.92 Å². The third-order valence-electron chi connectivity index (χ3n) is 10.5. The molecule has 3 fully saturated rings. The number of hydrogen-bond acceptors (Lipinski definition) is 6. The normalized spacial score (nSPS) is 22.8. The van der Waals surface area contributed by atoms with Gasteiger partial charge in [-0.15, -0.1) is 0 Å². The topological polar surface area (TPSA) is 124 Å². The lowest BCUT2D eigenvalue weighted by atomic mass is 9.89. The summed E-state index contributed by atoms with van der Waals surface area (Å²) in [6, 6.07) is 21.3. The molecule has 1 heterocycles. The Morgan fingerprint density at radius 2 is 1.20 bits per heavy atom. The first-order valence-corrected chi connectivity index (χ1v) is 18.8. The van der Waals surface area contributed by atoms with Crippen LogP contribution in [0.1, 0.15) is 116 Å². The number of carbonyl (C=O) groups is 3.